The van der Waals surface area contributed by atoms with E-state index in [2.05, 4.69) is 10.6 Å². The Morgan fingerprint density at radius 1 is 0.842 bits per heavy atom. The standard InChI is InChI=1S/2C5H9NO2.Ni.2H2O/c2*7-5(8)4-2-1-3-6-4;;;/h2*4,6H,1-3H2,(H,7,8);;2*1H2/q;;+2;;/p+2. The number of carbonyl (C=O) groups is 2. The van der Waals surface area contributed by atoms with Gasteiger partial charge in [0.25, 0.3) is 0 Å². The van der Waals surface area contributed by atoms with Gasteiger partial charge in [-0.2, -0.15) is 0 Å². The van der Waals surface area contributed by atoms with Gasteiger partial charge in [0, 0.05) is 0 Å². The minimum absolute atomic E-state index is 0. The van der Waals surface area contributed by atoms with E-state index in [1.807, 2.05) is 0 Å². The van der Waals surface area contributed by atoms with E-state index in [0.717, 1.165) is 38.8 Å². The molecule has 0 aromatic heterocycles. The van der Waals surface area contributed by atoms with Crippen LogP contribution in [0.3, 0.4) is 0 Å². The summed E-state index contributed by atoms with van der Waals surface area (Å²) in [5.41, 5.74) is 0. The molecule has 9 heteroatoms. The Kier molecular flexibility index (Phi) is 15.1. The fourth-order valence-corrected chi connectivity index (χ4v) is 1.79. The molecule has 2 unspecified atom stereocenters. The summed E-state index contributed by atoms with van der Waals surface area (Å²) in [6.07, 6.45) is 3.57. The summed E-state index contributed by atoms with van der Waals surface area (Å²) in [4.78, 5) is 20.3. The molecule has 2 aliphatic heterocycles. The van der Waals surface area contributed by atoms with Crippen molar-refractivity contribution in [2.24, 2.45) is 0 Å². The third-order valence-electron chi connectivity index (χ3n) is 2.72. The second-order valence-corrected chi connectivity index (χ2v) is 3.97. The minimum Gasteiger partial charge on any atom is -0.480 e. The summed E-state index contributed by atoms with van der Waals surface area (Å²) in [5.74, 6) is -1.44. The fourth-order valence-electron chi connectivity index (χ4n) is 1.79. The van der Waals surface area contributed by atoms with Crippen molar-refractivity contribution in [2.75, 3.05) is 13.1 Å². The summed E-state index contributed by atoms with van der Waals surface area (Å²) < 4.78 is 0. The van der Waals surface area contributed by atoms with Crippen LogP contribution in [0.25, 0.3) is 0 Å². The summed E-state index contributed by atoms with van der Waals surface area (Å²) in [7, 11) is 0. The Hall–Kier alpha value is -0.726. The Morgan fingerprint density at radius 2 is 1.16 bits per heavy atom. The van der Waals surface area contributed by atoms with Crippen LogP contribution in [0.1, 0.15) is 25.7 Å². The quantitative estimate of drug-likeness (QED) is 0.332. The average Bonchev–Trinajstić information content (AvgIpc) is 2.93. The van der Waals surface area contributed by atoms with Crippen LogP contribution >= 0.6 is 0 Å². The third kappa shape index (κ3) is 8.90. The van der Waals surface area contributed by atoms with E-state index in [-0.39, 0.29) is 39.5 Å². The predicted octanol–water partition coefficient (Wildman–Crippen LogP) is -2.20. The van der Waals surface area contributed by atoms with Gasteiger partial charge in [0.15, 0.2) is 0 Å². The van der Waals surface area contributed by atoms with Gasteiger partial charge in [-0.15, -0.1) is 0 Å². The predicted molar refractivity (Wildman–Crippen MR) is 67.1 cm³/mol. The molecule has 2 fully saturated rings. The summed E-state index contributed by atoms with van der Waals surface area (Å²) >= 11 is 0. The maximum atomic E-state index is 10.1. The molecule has 0 spiro atoms. The molecule has 2 atom stereocenters. The molecular formula is C10H24N2NiO6+4. The molecule has 0 amide bonds. The molecule has 2 aliphatic rings. The summed E-state index contributed by atoms with van der Waals surface area (Å²) in [6.45, 7) is 1.72. The number of rotatable bonds is 2. The van der Waals surface area contributed by atoms with E-state index < -0.39 is 11.9 Å². The van der Waals surface area contributed by atoms with Crippen LogP contribution in [0, 0.1) is 0 Å². The molecule has 2 rings (SSSR count). The van der Waals surface area contributed by atoms with Crippen molar-refractivity contribution in [3.8, 4) is 0 Å². The first kappa shape index (κ1) is 23.4. The normalized spacial score (nSPS) is 23.8. The molecule has 116 valence electrons. The zero-order valence-corrected chi connectivity index (χ0v) is 11.6. The first-order valence-corrected chi connectivity index (χ1v) is 5.53. The van der Waals surface area contributed by atoms with E-state index in [1.54, 1.807) is 0 Å². The molecule has 0 aliphatic carbocycles. The number of aliphatic carboxylic acids is 2. The number of hydrogen-bond acceptors (Lipinski definition) is 4. The molecule has 2 heterocycles. The van der Waals surface area contributed by atoms with Gasteiger partial charge in [-0.1, -0.05) is 0 Å². The molecule has 8 nitrogen and oxygen atoms in total. The summed E-state index contributed by atoms with van der Waals surface area (Å²) in [6, 6.07) is -0.537. The van der Waals surface area contributed by atoms with E-state index in [9.17, 15) is 9.59 Å². The Balaban J connectivity index is -0.000000233. The molecule has 0 aromatic rings. The molecular weight excluding hydrogens is 303 g/mol. The second kappa shape index (κ2) is 12.3. The van der Waals surface area contributed by atoms with Gasteiger partial charge in [-0.05, 0) is 38.8 Å². The molecule has 0 saturated carbocycles. The van der Waals surface area contributed by atoms with Crippen molar-refractivity contribution in [1.29, 1.82) is 0 Å². The molecule has 0 radical (unpaired) electrons. The smallest absolute Gasteiger partial charge is 0.480 e. The van der Waals surface area contributed by atoms with Crippen LogP contribution in [0.15, 0.2) is 0 Å². The van der Waals surface area contributed by atoms with Gasteiger partial charge in [-0.25, -0.2) is 0 Å². The maximum absolute atomic E-state index is 10.1. The second-order valence-electron chi connectivity index (χ2n) is 3.97. The van der Waals surface area contributed by atoms with Gasteiger partial charge in [0.05, 0.1) is 0 Å². The first-order valence-electron chi connectivity index (χ1n) is 5.53. The van der Waals surface area contributed by atoms with E-state index in [0.29, 0.717) is 0 Å². The molecule has 0 aromatic carbocycles. The van der Waals surface area contributed by atoms with E-state index >= 15 is 0 Å². The van der Waals surface area contributed by atoms with Crippen LogP contribution in [-0.2, 0) is 37.0 Å². The van der Waals surface area contributed by atoms with Crippen LogP contribution in [0.4, 0.5) is 0 Å². The van der Waals surface area contributed by atoms with Crippen LogP contribution < -0.4 is 10.6 Å². The maximum Gasteiger partial charge on any atom is 2.00 e. The number of nitrogens with one attached hydrogen (secondary N) is 2. The van der Waals surface area contributed by atoms with E-state index in [1.165, 1.54) is 0 Å². The Labute approximate surface area is 121 Å². The average molecular weight is 327 g/mol. The van der Waals surface area contributed by atoms with Crippen molar-refractivity contribution < 1.29 is 47.2 Å². The fraction of sp³-hybridized carbons (Fsp3) is 0.800. The topological polar surface area (TPSA) is 165 Å². The summed E-state index contributed by atoms with van der Waals surface area (Å²) in [5, 5.41) is 22.4. The zero-order valence-electron chi connectivity index (χ0n) is 10.6. The van der Waals surface area contributed by atoms with Crippen molar-refractivity contribution in [1.82, 2.24) is 10.6 Å². The zero-order chi connectivity index (χ0) is 12.0. The van der Waals surface area contributed by atoms with Crippen molar-refractivity contribution in [3.63, 3.8) is 0 Å². The number of carboxylic acid groups (broad SMARTS) is 2. The largest absolute Gasteiger partial charge is 2.00 e. The SMILES string of the molecule is O=C(O)C1CCCN1.O=C(O)C1CCCN1.[Ni+2].[OH3+].[OH3+]. The van der Waals surface area contributed by atoms with Gasteiger partial charge >= 0.3 is 28.4 Å². The van der Waals surface area contributed by atoms with Crippen LogP contribution in [0.5, 0.6) is 0 Å². The third-order valence-corrected chi connectivity index (χ3v) is 2.72. The first-order chi connectivity index (χ1) is 7.61. The van der Waals surface area contributed by atoms with Crippen molar-refractivity contribution in [3.05, 3.63) is 0 Å². The molecule has 10 N–H and O–H groups in total. The van der Waals surface area contributed by atoms with Crippen LogP contribution in [0.2, 0.25) is 0 Å². The van der Waals surface area contributed by atoms with Gasteiger partial charge in [0.1, 0.15) is 12.1 Å². The molecule has 19 heavy (non-hydrogen) atoms. The molecule has 0 bridgehead atoms. The minimum atomic E-state index is -0.720. The van der Waals surface area contributed by atoms with Crippen molar-refractivity contribution in [2.45, 2.75) is 37.8 Å². The van der Waals surface area contributed by atoms with Gasteiger partial charge < -0.3 is 31.8 Å². The van der Waals surface area contributed by atoms with E-state index in [4.69, 9.17) is 10.2 Å². The van der Waals surface area contributed by atoms with Gasteiger partial charge in [-0.3, -0.25) is 9.59 Å². The molecule has 2 saturated heterocycles. The van der Waals surface area contributed by atoms with Crippen LogP contribution in [-0.4, -0.2) is 47.3 Å². The Morgan fingerprint density at radius 3 is 1.26 bits per heavy atom. The van der Waals surface area contributed by atoms with Gasteiger partial charge in [0.2, 0.25) is 0 Å². The Bertz CT molecular complexity index is 228. The van der Waals surface area contributed by atoms with Crippen molar-refractivity contribution >= 4 is 11.9 Å². The monoisotopic (exact) mass is 326 g/mol. The number of carboxylic acids is 2. The number of hydrogen-bond donors (Lipinski definition) is 4.